The minimum absolute atomic E-state index is 0.303. The van der Waals surface area contributed by atoms with Crippen LogP contribution in [-0.2, 0) is 11.2 Å². The Kier molecular flexibility index (Phi) is 9.94. The average Bonchev–Trinajstić information content (AvgIpc) is 3.46. The molecular weight excluding hydrogens is 572 g/mol. The van der Waals surface area contributed by atoms with Crippen LogP contribution in [-0.4, -0.2) is 31.6 Å². The standard InChI is InChI=1S/C44H64N2O/c1-33(39-22-23-40-38-21-20-35-16-10-11-28-43(35,2)41(38)25-29-44(39,40)3)19-24-42(47)45-36-26-31-46(32-27-36,37-17-8-5-9-18-37)30-12-15-34-13-6-4-7-14-34/h4-9,13-14,17-18,33,35-36,38-41H,10-12,15-16,19-32H2,1-3H3/p+1/t33?,35?,36?,38-,39+,40-,41-,43-,44+,46?/m0/s1. The van der Waals surface area contributed by atoms with Gasteiger partial charge in [0.1, 0.15) is 5.69 Å². The molecule has 1 saturated heterocycles. The van der Waals surface area contributed by atoms with Gasteiger partial charge in [0.05, 0.1) is 19.6 Å². The Morgan fingerprint density at radius 1 is 0.809 bits per heavy atom. The normalized spacial score (nSPS) is 38.9. The lowest BCUT2D eigenvalue weighted by Gasteiger charge is -2.61. The Morgan fingerprint density at radius 2 is 1.53 bits per heavy atom. The summed E-state index contributed by atoms with van der Waals surface area (Å²) in [6.45, 7) is 11.3. The Hall–Kier alpha value is -2.13. The molecule has 47 heavy (non-hydrogen) atoms. The number of amides is 1. The van der Waals surface area contributed by atoms with E-state index in [-0.39, 0.29) is 0 Å². The van der Waals surface area contributed by atoms with Crippen molar-refractivity contribution >= 4 is 11.6 Å². The van der Waals surface area contributed by atoms with E-state index in [1.165, 1.54) is 88.4 Å². The van der Waals surface area contributed by atoms with Crippen LogP contribution in [0.5, 0.6) is 0 Å². The van der Waals surface area contributed by atoms with E-state index in [2.05, 4.69) is 86.8 Å². The second kappa shape index (κ2) is 14.0. The summed E-state index contributed by atoms with van der Waals surface area (Å²) in [5, 5.41) is 3.52. The first kappa shape index (κ1) is 33.4. The van der Waals surface area contributed by atoms with Crippen molar-refractivity contribution in [2.75, 3.05) is 19.6 Å². The van der Waals surface area contributed by atoms with E-state index in [9.17, 15) is 4.79 Å². The molecule has 0 bridgehead atoms. The predicted octanol–water partition coefficient (Wildman–Crippen LogP) is 10.4. The number of aryl methyl sites for hydroxylation is 1. The van der Waals surface area contributed by atoms with Crippen molar-refractivity contribution in [3.63, 3.8) is 0 Å². The third kappa shape index (κ3) is 6.61. The van der Waals surface area contributed by atoms with Crippen molar-refractivity contribution in [3.8, 4) is 0 Å². The Labute approximate surface area is 287 Å². The summed E-state index contributed by atoms with van der Waals surface area (Å²) in [7, 11) is 0. The number of hydrogen-bond donors (Lipinski definition) is 1. The number of benzene rings is 2. The number of likely N-dealkylation sites (tertiary alicyclic amines) is 1. The van der Waals surface area contributed by atoms with Crippen molar-refractivity contribution in [1.82, 2.24) is 9.80 Å². The van der Waals surface area contributed by atoms with Crippen LogP contribution >= 0.6 is 0 Å². The van der Waals surface area contributed by atoms with Crippen molar-refractivity contribution in [2.45, 2.75) is 130 Å². The summed E-state index contributed by atoms with van der Waals surface area (Å²) in [6, 6.07) is 22.4. The van der Waals surface area contributed by atoms with E-state index in [1.807, 2.05) is 0 Å². The summed E-state index contributed by atoms with van der Waals surface area (Å²) in [5.41, 5.74) is 4.01. The average molecular weight is 638 g/mol. The van der Waals surface area contributed by atoms with Crippen LogP contribution in [0.4, 0.5) is 5.69 Å². The molecule has 3 heteroatoms. The molecule has 7 rings (SSSR count). The lowest BCUT2D eigenvalue weighted by Crippen LogP contribution is -2.58. The lowest BCUT2D eigenvalue weighted by molar-refractivity contribution is -0.123. The summed E-state index contributed by atoms with van der Waals surface area (Å²) < 4.78 is 1.06. The van der Waals surface area contributed by atoms with Gasteiger partial charge >= 0.3 is 0 Å². The molecule has 1 heterocycles. The highest BCUT2D eigenvalue weighted by Gasteiger charge is 2.60. The van der Waals surface area contributed by atoms with E-state index in [0.717, 1.165) is 72.8 Å². The molecule has 5 aliphatic rings. The van der Waals surface area contributed by atoms with Gasteiger partial charge in [0.2, 0.25) is 5.91 Å². The molecule has 1 N–H and O–H groups in total. The van der Waals surface area contributed by atoms with Gasteiger partial charge in [0, 0.05) is 31.7 Å². The zero-order valence-electron chi connectivity index (χ0n) is 30.1. The van der Waals surface area contributed by atoms with Crippen molar-refractivity contribution in [3.05, 3.63) is 66.2 Å². The number of hydrogen-bond acceptors (Lipinski definition) is 1. The highest BCUT2D eigenvalue weighted by molar-refractivity contribution is 5.76. The van der Waals surface area contributed by atoms with E-state index >= 15 is 0 Å². The van der Waals surface area contributed by atoms with Crippen LogP contribution in [0.2, 0.25) is 0 Å². The fraction of sp³-hybridized carbons (Fsp3) is 0.705. The first-order valence-corrected chi connectivity index (χ1v) is 20.1. The van der Waals surface area contributed by atoms with Gasteiger partial charge in [-0.15, -0.1) is 0 Å². The molecule has 8 atom stereocenters. The van der Waals surface area contributed by atoms with Gasteiger partial charge < -0.3 is 5.32 Å². The lowest BCUT2D eigenvalue weighted by atomic mass is 9.44. The smallest absolute Gasteiger partial charge is 0.220 e. The number of carbonyl (C=O) groups excluding carboxylic acids is 1. The SMILES string of the molecule is CC(CCC(=O)NC1CC[N+](CCCc2ccccc2)(c2ccccc2)CC1)[C@H]1CC[C@H]2[C@@H]3CCC4CCCC[C@]4(C)[C@H]3CC[C@]12C. The highest BCUT2D eigenvalue weighted by Crippen LogP contribution is 2.68. The molecule has 3 nitrogen and oxygen atoms in total. The molecule has 1 amide bonds. The Balaban J connectivity index is 0.903. The third-order valence-corrected chi connectivity index (χ3v) is 15.5. The first-order chi connectivity index (χ1) is 22.8. The summed E-state index contributed by atoms with van der Waals surface area (Å²) in [5.74, 6) is 5.64. The molecule has 0 spiro atoms. The van der Waals surface area contributed by atoms with Gasteiger partial charge in [0.15, 0.2) is 0 Å². The van der Waals surface area contributed by atoms with Crippen molar-refractivity contribution in [1.29, 1.82) is 0 Å². The van der Waals surface area contributed by atoms with Gasteiger partial charge in [-0.1, -0.05) is 82.1 Å². The number of quaternary nitrogens is 1. The number of fused-ring (bicyclic) bond motifs is 5. The van der Waals surface area contributed by atoms with E-state index in [1.54, 1.807) is 0 Å². The molecule has 2 unspecified atom stereocenters. The number of para-hydroxylation sites is 1. The van der Waals surface area contributed by atoms with Crippen LogP contribution in [0.1, 0.15) is 123 Å². The van der Waals surface area contributed by atoms with Crippen LogP contribution in [0.3, 0.4) is 0 Å². The topological polar surface area (TPSA) is 29.1 Å². The predicted molar refractivity (Wildman–Crippen MR) is 197 cm³/mol. The summed E-state index contributed by atoms with van der Waals surface area (Å²) in [6.07, 6.45) is 21.0. The fourth-order valence-corrected chi connectivity index (χ4v) is 12.9. The zero-order chi connectivity index (χ0) is 32.5. The van der Waals surface area contributed by atoms with E-state index in [0.29, 0.717) is 35.1 Å². The zero-order valence-corrected chi connectivity index (χ0v) is 30.1. The maximum absolute atomic E-state index is 13.4. The molecule has 256 valence electrons. The van der Waals surface area contributed by atoms with Gasteiger partial charge in [-0.2, -0.15) is 0 Å². The van der Waals surface area contributed by atoms with Gasteiger partial charge in [-0.3, -0.25) is 9.28 Å². The quantitative estimate of drug-likeness (QED) is 0.258. The highest BCUT2D eigenvalue weighted by atomic mass is 16.1. The summed E-state index contributed by atoms with van der Waals surface area (Å²) in [4.78, 5) is 13.4. The largest absolute Gasteiger partial charge is 0.353 e. The number of nitrogens with zero attached hydrogens (tertiary/aromatic N) is 1. The Morgan fingerprint density at radius 3 is 2.30 bits per heavy atom. The van der Waals surface area contributed by atoms with Crippen LogP contribution < -0.4 is 9.80 Å². The van der Waals surface area contributed by atoms with Crippen LogP contribution in [0, 0.1) is 46.3 Å². The van der Waals surface area contributed by atoms with Crippen LogP contribution in [0.15, 0.2) is 60.7 Å². The fourth-order valence-electron chi connectivity index (χ4n) is 12.9. The number of nitrogens with one attached hydrogen (secondary N) is 1. The monoisotopic (exact) mass is 638 g/mol. The Bertz CT molecular complexity index is 1320. The van der Waals surface area contributed by atoms with Crippen molar-refractivity contribution in [2.24, 2.45) is 46.3 Å². The van der Waals surface area contributed by atoms with E-state index in [4.69, 9.17) is 0 Å². The molecule has 4 aliphatic carbocycles. The molecule has 2 aromatic rings. The second-order valence-electron chi connectivity index (χ2n) is 17.7. The van der Waals surface area contributed by atoms with Gasteiger partial charge in [0.25, 0.3) is 0 Å². The molecule has 2 aromatic carbocycles. The van der Waals surface area contributed by atoms with Gasteiger partial charge in [-0.25, -0.2) is 0 Å². The second-order valence-corrected chi connectivity index (χ2v) is 17.7. The molecular formula is C44H65N2O+. The third-order valence-electron chi connectivity index (χ3n) is 15.5. The number of piperidine rings is 1. The molecule has 5 fully saturated rings. The molecule has 4 saturated carbocycles. The number of carbonyl (C=O) groups is 1. The maximum atomic E-state index is 13.4. The first-order valence-electron chi connectivity index (χ1n) is 20.1. The van der Waals surface area contributed by atoms with Gasteiger partial charge in [-0.05, 0) is 128 Å². The van der Waals surface area contributed by atoms with Crippen molar-refractivity contribution < 1.29 is 4.79 Å². The minimum atomic E-state index is 0.303. The maximum Gasteiger partial charge on any atom is 0.220 e. The minimum Gasteiger partial charge on any atom is -0.353 e. The molecule has 0 radical (unpaired) electrons. The van der Waals surface area contributed by atoms with Crippen LogP contribution in [0.25, 0.3) is 0 Å². The van der Waals surface area contributed by atoms with E-state index < -0.39 is 0 Å². The summed E-state index contributed by atoms with van der Waals surface area (Å²) >= 11 is 0. The number of rotatable bonds is 10. The molecule has 1 aliphatic heterocycles. The molecule has 0 aromatic heterocycles.